The fourth-order valence-electron chi connectivity index (χ4n) is 1.64. The molecular formula is C13H14N2O5S3. The Bertz CT molecular complexity index is 822. The Kier molecular flexibility index (Phi) is 5.39. The first-order chi connectivity index (χ1) is 10.8. The van der Waals surface area contributed by atoms with E-state index >= 15 is 0 Å². The SMILES string of the molecule is COC(=O)c1sccc1NS(=O)(=O)c1ccc(CNC(C)=O)s1. The summed E-state index contributed by atoms with van der Waals surface area (Å²) in [6, 6.07) is 4.58. The molecule has 2 heterocycles. The maximum atomic E-state index is 12.4. The van der Waals surface area contributed by atoms with E-state index in [1.807, 2.05) is 0 Å². The fraction of sp³-hybridized carbons (Fsp3) is 0.231. The second-order valence-corrected chi connectivity index (χ2v) is 8.38. The van der Waals surface area contributed by atoms with Crippen molar-refractivity contribution >= 4 is 50.3 Å². The van der Waals surface area contributed by atoms with Gasteiger partial charge in [-0.1, -0.05) is 0 Å². The van der Waals surface area contributed by atoms with Crippen molar-refractivity contribution in [3.05, 3.63) is 33.3 Å². The van der Waals surface area contributed by atoms with E-state index in [0.717, 1.165) is 22.7 Å². The van der Waals surface area contributed by atoms with E-state index in [-0.39, 0.29) is 27.2 Å². The van der Waals surface area contributed by atoms with Crippen LogP contribution < -0.4 is 10.0 Å². The molecular weight excluding hydrogens is 360 g/mol. The molecule has 10 heteroatoms. The zero-order chi connectivity index (χ0) is 17.0. The molecule has 0 aliphatic rings. The summed E-state index contributed by atoms with van der Waals surface area (Å²) >= 11 is 2.13. The molecule has 2 aromatic heterocycles. The van der Waals surface area contributed by atoms with Gasteiger partial charge in [0.15, 0.2) is 0 Å². The van der Waals surface area contributed by atoms with E-state index < -0.39 is 16.0 Å². The Morgan fingerprint density at radius 3 is 2.65 bits per heavy atom. The van der Waals surface area contributed by atoms with Crippen molar-refractivity contribution in [2.75, 3.05) is 11.8 Å². The lowest BCUT2D eigenvalue weighted by atomic mass is 10.4. The van der Waals surface area contributed by atoms with Crippen molar-refractivity contribution in [3.63, 3.8) is 0 Å². The smallest absolute Gasteiger partial charge is 0.350 e. The molecule has 23 heavy (non-hydrogen) atoms. The monoisotopic (exact) mass is 374 g/mol. The normalized spacial score (nSPS) is 11.0. The number of anilines is 1. The lowest BCUT2D eigenvalue weighted by Crippen LogP contribution is -2.18. The van der Waals surface area contributed by atoms with Crippen LogP contribution in [0.15, 0.2) is 27.8 Å². The van der Waals surface area contributed by atoms with E-state index in [9.17, 15) is 18.0 Å². The second-order valence-electron chi connectivity index (χ2n) is 4.39. The quantitative estimate of drug-likeness (QED) is 0.754. The van der Waals surface area contributed by atoms with Crippen LogP contribution in [0.4, 0.5) is 5.69 Å². The molecule has 0 aliphatic heterocycles. The van der Waals surface area contributed by atoms with Gasteiger partial charge in [-0.3, -0.25) is 9.52 Å². The number of amides is 1. The molecule has 0 saturated carbocycles. The van der Waals surface area contributed by atoms with Crippen LogP contribution in [0.2, 0.25) is 0 Å². The van der Waals surface area contributed by atoms with Gasteiger partial charge in [0.1, 0.15) is 9.09 Å². The number of rotatable bonds is 6. The molecule has 0 fully saturated rings. The number of sulfonamides is 1. The number of esters is 1. The average Bonchev–Trinajstić information content (AvgIpc) is 3.13. The third-order valence-corrected chi connectivity index (χ3v) is 6.53. The molecule has 0 radical (unpaired) electrons. The highest BCUT2D eigenvalue weighted by Crippen LogP contribution is 2.28. The van der Waals surface area contributed by atoms with Gasteiger partial charge >= 0.3 is 5.97 Å². The lowest BCUT2D eigenvalue weighted by Gasteiger charge is -2.06. The topological polar surface area (TPSA) is 102 Å². The highest BCUT2D eigenvalue weighted by molar-refractivity contribution is 7.94. The van der Waals surface area contributed by atoms with Gasteiger partial charge in [0.25, 0.3) is 10.0 Å². The van der Waals surface area contributed by atoms with Crippen LogP contribution in [-0.2, 0) is 26.1 Å². The third kappa shape index (κ3) is 4.30. The largest absolute Gasteiger partial charge is 0.465 e. The number of ether oxygens (including phenoxy) is 1. The predicted molar refractivity (Wildman–Crippen MR) is 88.3 cm³/mol. The van der Waals surface area contributed by atoms with Gasteiger partial charge in [-0.25, -0.2) is 13.2 Å². The Labute approximate surface area is 141 Å². The van der Waals surface area contributed by atoms with E-state index in [1.54, 1.807) is 11.4 Å². The molecule has 0 saturated heterocycles. The van der Waals surface area contributed by atoms with E-state index in [0.29, 0.717) is 4.88 Å². The van der Waals surface area contributed by atoms with Gasteiger partial charge in [-0.15, -0.1) is 22.7 Å². The summed E-state index contributed by atoms with van der Waals surface area (Å²) in [6.07, 6.45) is 0. The van der Waals surface area contributed by atoms with Crippen LogP contribution in [-0.4, -0.2) is 27.4 Å². The van der Waals surface area contributed by atoms with Crippen LogP contribution in [0.1, 0.15) is 21.5 Å². The van der Waals surface area contributed by atoms with E-state index in [4.69, 9.17) is 0 Å². The summed E-state index contributed by atoms with van der Waals surface area (Å²) in [5.74, 6) is -0.794. The minimum absolute atomic E-state index is 0.0971. The summed E-state index contributed by atoms with van der Waals surface area (Å²) in [4.78, 5) is 23.4. The minimum atomic E-state index is -3.81. The van der Waals surface area contributed by atoms with Gasteiger partial charge < -0.3 is 10.1 Å². The van der Waals surface area contributed by atoms with Crippen LogP contribution in [0, 0.1) is 0 Å². The van der Waals surface area contributed by atoms with Gasteiger partial charge in [0.05, 0.1) is 19.3 Å². The number of carbonyl (C=O) groups excluding carboxylic acids is 2. The number of hydrogen-bond donors (Lipinski definition) is 2. The summed E-state index contributed by atoms with van der Waals surface area (Å²) in [7, 11) is -2.58. The van der Waals surface area contributed by atoms with Crippen LogP contribution >= 0.6 is 22.7 Å². The molecule has 7 nitrogen and oxygen atoms in total. The zero-order valence-corrected chi connectivity index (χ0v) is 14.7. The molecule has 0 aliphatic carbocycles. The maximum absolute atomic E-state index is 12.4. The van der Waals surface area contributed by atoms with Crippen LogP contribution in [0.3, 0.4) is 0 Å². The van der Waals surface area contributed by atoms with Gasteiger partial charge in [-0.2, -0.15) is 0 Å². The molecule has 0 spiro atoms. The van der Waals surface area contributed by atoms with Crippen LogP contribution in [0.5, 0.6) is 0 Å². The van der Waals surface area contributed by atoms with E-state index in [1.165, 1.54) is 26.2 Å². The standard InChI is InChI=1S/C13H14N2O5S3/c1-8(16)14-7-9-3-4-11(22-9)23(18,19)15-10-5-6-21-12(10)13(17)20-2/h3-6,15H,7H2,1-2H3,(H,14,16). The molecule has 124 valence electrons. The Morgan fingerprint density at radius 1 is 1.26 bits per heavy atom. The van der Waals surface area contributed by atoms with Gasteiger partial charge in [0, 0.05) is 11.8 Å². The van der Waals surface area contributed by atoms with Gasteiger partial charge in [-0.05, 0) is 23.6 Å². The number of thiophene rings is 2. The number of carbonyl (C=O) groups is 2. The van der Waals surface area contributed by atoms with Crippen molar-refractivity contribution in [2.24, 2.45) is 0 Å². The first-order valence-corrected chi connectivity index (χ1v) is 9.53. The summed E-state index contributed by atoms with van der Waals surface area (Å²) in [6.45, 7) is 1.65. The highest BCUT2D eigenvalue weighted by Gasteiger charge is 2.21. The van der Waals surface area contributed by atoms with Crippen LogP contribution in [0.25, 0.3) is 0 Å². The van der Waals surface area contributed by atoms with Crippen molar-refractivity contribution in [1.82, 2.24) is 5.32 Å². The Morgan fingerprint density at radius 2 is 2.00 bits per heavy atom. The molecule has 2 rings (SSSR count). The molecule has 0 bridgehead atoms. The number of methoxy groups -OCH3 is 1. The molecule has 0 aromatic carbocycles. The number of nitrogens with one attached hydrogen (secondary N) is 2. The first-order valence-electron chi connectivity index (χ1n) is 6.35. The lowest BCUT2D eigenvalue weighted by molar-refractivity contribution is -0.119. The zero-order valence-electron chi connectivity index (χ0n) is 12.3. The van der Waals surface area contributed by atoms with Crippen molar-refractivity contribution < 1.29 is 22.7 Å². The predicted octanol–water partition coefficient (Wildman–Crippen LogP) is 2.03. The van der Waals surface area contributed by atoms with Crippen molar-refractivity contribution in [1.29, 1.82) is 0 Å². The molecule has 0 unspecified atom stereocenters. The third-order valence-electron chi connectivity index (χ3n) is 2.69. The van der Waals surface area contributed by atoms with Gasteiger partial charge in [0.2, 0.25) is 5.91 Å². The summed E-state index contributed by atoms with van der Waals surface area (Å²) < 4.78 is 31.8. The molecule has 1 amide bonds. The van der Waals surface area contributed by atoms with Crippen molar-refractivity contribution in [2.45, 2.75) is 17.7 Å². The minimum Gasteiger partial charge on any atom is -0.465 e. The maximum Gasteiger partial charge on any atom is 0.350 e. The molecule has 2 N–H and O–H groups in total. The number of hydrogen-bond acceptors (Lipinski definition) is 7. The summed E-state index contributed by atoms with van der Waals surface area (Å²) in [5, 5.41) is 4.20. The van der Waals surface area contributed by atoms with Crippen molar-refractivity contribution in [3.8, 4) is 0 Å². The highest BCUT2D eigenvalue weighted by atomic mass is 32.2. The first kappa shape index (κ1) is 17.4. The molecule has 0 atom stereocenters. The van der Waals surface area contributed by atoms with E-state index in [2.05, 4.69) is 14.8 Å². The molecule has 2 aromatic rings. The Balaban J connectivity index is 2.18. The Hall–Kier alpha value is -1.91. The average molecular weight is 374 g/mol. The second kappa shape index (κ2) is 7.11. The summed E-state index contributed by atoms with van der Waals surface area (Å²) in [5.41, 5.74) is 0.179. The fourth-order valence-corrected chi connectivity index (χ4v) is 4.84.